The van der Waals surface area contributed by atoms with Gasteiger partial charge in [-0.25, -0.2) is 4.79 Å². The SMILES string of the molecule is CN[C@H](C(=O)NC(C(=O)N(C)[C@H](/C=C(\C)C(=O)N[C@H](CCC(=O)NCCN1C(=O)C=CC1=O)C(=O)O)C(C)C)C(C)(C)C)C(C)(C)c1ccc2ccccc2c1. The maximum atomic E-state index is 14.3. The first-order valence-corrected chi connectivity index (χ1v) is 18.9. The maximum absolute atomic E-state index is 14.3. The van der Waals surface area contributed by atoms with Crippen molar-refractivity contribution in [1.82, 2.24) is 31.1 Å². The summed E-state index contributed by atoms with van der Waals surface area (Å²) in [6, 6.07) is 10.5. The summed E-state index contributed by atoms with van der Waals surface area (Å²) in [4.78, 5) is 91.9. The highest BCUT2D eigenvalue weighted by molar-refractivity contribution is 6.12. The van der Waals surface area contributed by atoms with E-state index in [9.17, 15) is 38.7 Å². The molecule has 1 heterocycles. The van der Waals surface area contributed by atoms with Crippen molar-refractivity contribution < 1.29 is 38.7 Å². The van der Waals surface area contributed by atoms with Crippen LogP contribution in [0.4, 0.5) is 0 Å². The number of imide groups is 1. The lowest BCUT2D eigenvalue weighted by molar-refractivity contribution is -0.142. The molecule has 14 nitrogen and oxygen atoms in total. The smallest absolute Gasteiger partial charge is 0.326 e. The highest BCUT2D eigenvalue weighted by Crippen LogP contribution is 2.31. The van der Waals surface area contributed by atoms with Crippen LogP contribution in [0.3, 0.4) is 0 Å². The van der Waals surface area contributed by atoms with Crippen molar-refractivity contribution in [3.05, 3.63) is 71.8 Å². The quantitative estimate of drug-likeness (QED) is 0.112. The van der Waals surface area contributed by atoms with E-state index in [1.165, 1.54) is 11.8 Å². The molecule has 6 amide bonds. The van der Waals surface area contributed by atoms with E-state index in [1.807, 2.05) is 84.9 Å². The van der Waals surface area contributed by atoms with E-state index in [-0.39, 0.29) is 49.2 Å². The lowest BCUT2D eigenvalue weighted by Crippen LogP contribution is -2.61. The van der Waals surface area contributed by atoms with Crippen molar-refractivity contribution in [3.8, 4) is 0 Å². The Kier molecular flexibility index (Phi) is 15.3. The third-order valence-electron chi connectivity index (χ3n) is 10.2. The largest absolute Gasteiger partial charge is 0.480 e. The Balaban J connectivity index is 1.71. The first-order valence-electron chi connectivity index (χ1n) is 18.9. The van der Waals surface area contributed by atoms with Crippen LogP contribution in [-0.4, -0.2) is 108 Å². The number of amides is 6. The normalized spacial score (nSPS) is 15.7. The first kappa shape index (κ1) is 45.0. The molecule has 0 aromatic heterocycles. The number of carboxylic acids is 1. The third-order valence-corrected chi connectivity index (χ3v) is 10.2. The van der Waals surface area contributed by atoms with Crippen LogP contribution in [0.2, 0.25) is 0 Å². The molecule has 2 aromatic carbocycles. The van der Waals surface area contributed by atoms with Gasteiger partial charge in [-0.2, -0.15) is 0 Å². The fourth-order valence-electron chi connectivity index (χ4n) is 6.74. The van der Waals surface area contributed by atoms with Gasteiger partial charge in [0, 0.05) is 49.7 Å². The standard InChI is InChI=1S/C42H58N6O8/c1-25(2)31(23-26(3)37(52)45-30(40(55)56)17-18-32(49)44-21-22-48-33(50)19-20-34(48)51)47(10)39(54)36(41(4,5)6)46-38(53)35(43-9)42(7,8)29-16-15-27-13-11-12-14-28(27)24-29/h11-16,19-20,23-25,30-31,35-36,43H,17-18,21-22H2,1-10H3,(H,44,49)(H,45,52)(H,46,53)(H,55,56)/b26-23+/t30-,31-,35-,36?/m1/s1. The molecule has 0 bridgehead atoms. The van der Waals surface area contributed by atoms with Crippen molar-refractivity contribution in [2.24, 2.45) is 11.3 Å². The second-order valence-corrected chi connectivity index (χ2v) is 16.3. The molecule has 0 saturated heterocycles. The molecule has 3 rings (SSSR count). The summed E-state index contributed by atoms with van der Waals surface area (Å²) in [5, 5.41) is 23.2. The van der Waals surface area contributed by atoms with Gasteiger partial charge in [0.2, 0.25) is 23.6 Å². The number of nitrogens with zero attached hydrogens (tertiary/aromatic N) is 2. The van der Waals surface area contributed by atoms with Crippen LogP contribution < -0.4 is 21.3 Å². The molecule has 1 aliphatic rings. The van der Waals surface area contributed by atoms with E-state index in [1.54, 1.807) is 20.2 Å². The van der Waals surface area contributed by atoms with Gasteiger partial charge >= 0.3 is 5.97 Å². The number of carbonyl (C=O) groups excluding carboxylic acids is 6. The summed E-state index contributed by atoms with van der Waals surface area (Å²) >= 11 is 0. The number of carboxylic acid groups (broad SMARTS) is 1. The molecule has 1 unspecified atom stereocenters. The van der Waals surface area contributed by atoms with E-state index in [0.717, 1.165) is 33.4 Å². The predicted octanol–water partition coefficient (Wildman–Crippen LogP) is 3.06. The predicted molar refractivity (Wildman–Crippen MR) is 214 cm³/mol. The zero-order chi connectivity index (χ0) is 42.1. The van der Waals surface area contributed by atoms with Crippen LogP contribution in [0.5, 0.6) is 0 Å². The monoisotopic (exact) mass is 774 g/mol. The summed E-state index contributed by atoms with van der Waals surface area (Å²) in [6.07, 6.45) is 3.42. The molecule has 1 aliphatic heterocycles. The van der Waals surface area contributed by atoms with E-state index in [2.05, 4.69) is 27.3 Å². The van der Waals surface area contributed by atoms with Gasteiger partial charge in [-0.15, -0.1) is 0 Å². The third kappa shape index (κ3) is 11.3. The number of likely N-dealkylation sites (N-methyl/N-ethyl adjacent to an activating group) is 2. The van der Waals surface area contributed by atoms with E-state index in [0.29, 0.717) is 0 Å². The molecule has 304 valence electrons. The minimum Gasteiger partial charge on any atom is -0.480 e. The molecule has 56 heavy (non-hydrogen) atoms. The number of hydrogen-bond acceptors (Lipinski definition) is 8. The van der Waals surface area contributed by atoms with Crippen molar-refractivity contribution in [1.29, 1.82) is 0 Å². The van der Waals surface area contributed by atoms with Gasteiger partial charge in [-0.05, 0) is 48.1 Å². The molecular weight excluding hydrogens is 716 g/mol. The van der Waals surface area contributed by atoms with Gasteiger partial charge in [-0.3, -0.25) is 33.7 Å². The summed E-state index contributed by atoms with van der Waals surface area (Å²) in [7, 11) is 3.33. The van der Waals surface area contributed by atoms with Gasteiger partial charge in [0.25, 0.3) is 11.8 Å². The van der Waals surface area contributed by atoms with Crippen LogP contribution in [0.1, 0.15) is 73.8 Å². The molecular formula is C42H58N6O8. The zero-order valence-corrected chi connectivity index (χ0v) is 34.2. The average Bonchev–Trinajstić information content (AvgIpc) is 3.45. The lowest BCUT2D eigenvalue weighted by atomic mass is 9.76. The van der Waals surface area contributed by atoms with E-state index in [4.69, 9.17) is 0 Å². The fraction of sp³-hybridized carbons (Fsp3) is 0.500. The fourth-order valence-corrected chi connectivity index (χ4v) is 6.74. The van der Waals surface area contributed by atoms with Crippen LogP contribution in [0.15, 0.2) is 66.3 Å². The van der Waals surface area contributed by atoms with Gasteiger partial charge < -0.3 is 31.3 Å². The molecule has 4 atom stereocenters. The van der Waals surface area contributed by atoms with Crippen LogP contribution in [-0.2, 0) is 39.0 Å². The second-order valence-electron chi connectivity index (χ2n) is 16.3. The maximum Gasteiger partial charge on any atom is 0.326 e. The Hall–Kier alpha value is -5.37. The Labute approximate surface area is 329 Å². The van der Waals surface area contributed by atoms with Crippen molar-refractivity contribution >= 4 is 52.2 Å². The summed E-state index contributed by atoms with van der Waals surface area (Å²) < 4.78 is 0. The van der Waals surface area contributed by atoms with Crippen molar-refractivity contribution in [2.75, 3.05) is 27.2 Å². The van der Waals surface area contributed by atoms with Gasteiger partial charge in [0.15, 0.2) is 0 Å². The molecule has 0 radical (unpaired) electrons. The van der Waals surface area contributed by atoms with Crippen LogP contribution in [0.25, 0.3) is 10.8 Å². The number of fused-ring (bicyclic) bond motifs is 1. The molecule has 14 heteroatoms. The first-order chi connectivity index (χ1) is 26.1. The highest BCUT2D eigenvalue weighted by Gasteiger charge is 2.42. The van der Waals surface area contributed by atoms with Crippen LogP contribution >= 0.6 is 0 Å². The number of rotatable bonds is 18. The Morgan fingerprint density at radius 1 is 0.893 bits per heavy atom. The molecule has 0 spiro atoms. The molecule has 0 aliphatic carbocycles. The minimum absolute atomic E-state index is 0.00804. The number of nitrogens with one attached hydrogen (secondary N) is 4. The van der Waals surface area contributed by atoms with Gasteiger partial charge in [0.05, 0.1) is 12.1 Å². The highest BCUT2D eigenvalue weighted by atomic mass is 16.4. The van der Waals surface area contributed by atoms with E-state index >= 15 is 0 Å². The number of benzene rings is 2. The molecule has 5 N–H and O–H groups in total. The molecule has 0 saturated carbocycles. The molecule has 0 fully saturated rings. The van der Waals surface area contributed by atoms with Crippen LogP contribution in [0, 0.1) is 11.3 Å². The zero-order valence-electron chi connectivity index (χ0n) is 34.2. The number of carbonyl (C=O) groups is 7. The van der Waals surface area contributed by atoms with Crippen molar-refractivity contribution in [2.45, 2.75) is 97.8 Å². The second kappa shape index (κ2) is 19.0. The van der Waals surface area contributed by atoms with E-state index < -0.39 is 64.6 Å². The Bertz CT molecular complexity index is 1860. The number of aliphatic carboxylic acids is 1. The molecule has 2 aromatic rings. The number of hydrogen-bond donors (Lipinski definition) is 5. The van der Waals surface area contributed by atoms with Gasteiger partial charge in [-0.1, -0.05) is 97.0 Å². The summed E-state index contributed by atoms with van der Waals surface area (Å²) in [5.74, 6) is -4.38. The Morgan fingerprint density at radius 3 is 2.05 bits per heavy atom. The average molecular weight is 775 g/mol. The minimum atomic E-state index is -1.39. The van der Waals surface area contributed by atoms with Crippen molar-refractivity contribution in [3.63, 3.8) is 0 Å². The van der Waals surface area contributed by atoms with Gasteiger partial charge in [0.1, 0.15) is 12.1 Å². The topological polar surface area (TPSA) is 194 Å². The lowest BCUT2D eigenvalue weighted by Gasteiger charge is -2.40. The summed E-state index contributed by atoms with van der Waals surface area (Å²) in [5.41, 5.74) is -0.251. The summed E-state index contributed by atoms with van der Waals surface area (Å²) in [6.45, 7) is 14.8. The Morgan fingerprint density at radius 2 is 1.50 bits per heavy atom.